The van der Waals surface area contributed by atoms with Crippen molar-refractivity contribution in [2.75, 3.05) is 36.9 Å². The van der Waals surface area contributed by atoms with Gasteiger partial charge in [-0.2, -0.15) is 9.97 Å². The Bertz CT molecular complexity index is 1630. The number of esters is 1. The molecule has 3 fully saturated rings. The van der Waals surface area contributed by atoms with Crippen LogP contribution in [0.15, 0.2) is 59.3 Å². The highest BCUT2D eigenvalue weighted by Crippen LogP contribution is 2.42. The summed E-state index contributed by atoms with van der Waals surface area (Å²) in [5.41, 5.74) is 3.03. The van der Waals surface area contributed by atoms with Crippen molar-refractivity contribution in [3.8, 4) is 11.5 Å². The van der Waals surface area contributed by atoms with Gasteiger partial charge in [0.05, 0.1) is 18.2 Å². The molecule has 2 bridgehead atoms. The Kier molecular flexibility index (Phi) is 6.86. The number of aliphatic hydroxyl groups excluding tert-OH is 1. The maximum atomic E-state index is 12.5. The quantitative estimate of drug-likeness (QED) is 0.251. The SMILES string of the molecule is CC1(C)Cc2cc(Nc3ncc(-c4nc(C56CCN(CC5)CC6)no4)c(N[C@H](CO)c4ccccc4)n3)ccc2C(=O)O1. The van der Waals surface area contributed by atoms with Crippen LogP contribution in [0.5, 0.6) is 0 Å². The molecule has 0 spiro atoms. The third kappa shape index (κ3) is 5.34. The molecule has 43 heavy (non-hydrogen) atoms. The molecule has 0 amide bonds. The molecular formula is C32H35N7O4. The molecule has 4 aliphatic rings. The highest BCUT2D eigenvalue weighted by Gasteiger charge is 2.44. The second kappa shape index (κ2) is 10.7. The van der Waals surface area contributed by atoms with Crippen LogP contribution >= 0.6 is 0 Å². The number of carbonyl (C=O) groups excluding carboxylic acids is 1. The van der Waals surface area contributed by atoms with Gasteiger partial charge in [0.1, 0.15) is 17.0 Å². The fourth-order valence-electron chi connectivity index (χ4n) is 6.45. The van der Waals surface area contributed by atoms with Crippen molar-refractivity contribution >= 4 is 23.4 Å². The minimum atomic E-state index is -0.578. The topological polar surface area (TPSA) is 139 Å². The molecule has 1 atom stereocenters. The van der Waals surface area contributed by atoms with E-state index in [-0.39, 0.29) is 18.0 Å². The second-order valence-electron chi connectivity index (χ2n) is 12.4. The normalized spacial score (nSPS) is 22.9. The number of cyclic esters (lactones) is 1. The van der Waals surface area contributed by atoms with Crippen LogP contribution in [0.4, 0.5) is 17.5 Å². The van der Waals surface area contributed by atoms with Gasteiger partial charge in [0, 0.05) is 23.7 Å². The fraction of sp³-hybridized carbons (Fsp3) is 0.406. The molecule has 3 saturated heterocycles. The van der Waals surface area contributed by atoms with Gasteiger partial charge < -0.3 is 29.9 Å². The van der Waals surface area contributed by atoms with Crippen LogP contribution in [0, 0.1) is 0 Å². The van der Waals surface area contributed by atoms with Crippen molar-refractivity contribution in [3.63, 3.8) is 0 Å². The first kappa shape index (κ1) is 27.5. The molecule has 6 heterocycles. The van der Waals surface area contributed by atoms with E-state index in [2.05, 4.69) is 25.7 Å². The molecule has 2 aromatic heterocycles. The van der Waals surface area contributed by atoms with Gasteiger partial charge in [-0.3, -0.25) is 0 Å². The molecular weight excluding hydrogens is 546 g/mol. The Labute approximate surface area is 249 Å². The number of benzene rings is 2. The van der Waals surface area contributed by atoms with Gasteiger partial charge in [0.2, 0.25) is 5.95 Å². The molecule has 4 aliphatic heterocycles. The summed E-state index contributed by atoms with van der Waals surface area (Å²) >= 11 is 0. The van der Waals surface area contributed by atoms with Crippen LogP contribution in [0.2, 0.25) is 0 Å². The fourth-order valence-corrected chi connectivity index (χ4v) is 6.45. The first-order valence-corrected chi connectivity index (χ1v) is 14.8. The van der Waals surface area contributed by atoms with E-state index in [1.165, 1.54) is 0 Å². The molecule has 0 unspecified atom stereocenters. The standard InChI is InChI=1S/C32H35N7O4/c1-31(2)17-21-16-22(8-9-23(21)28(41)42-31)34-30-33-18-24(26(36-30)35-25(19-40)20-6-4-3-5-7-20)27-37-29(38-43-27)32-10-13-39(14-11-32)15-12-32/h3-9,16,18,25,40H,10-15,17,19H2,1-2H3,(H2,33,34,35,36)/t25-/m1/s1. The van der Waals surface area contributed by atoms with Gasteiger partial charge in [-0.05, 0) is 82.1 Å². The first-order valence-electron chi connectivity index (χ1n) is 14.8. The zero-order chi connectivity index (χ0) is 29.6. The molecule has 222 valence electrons. The Morgan fingerprint density at radius 1 is 1.02 bits per heavy atom. The van der Waals surface area contributed by atoms with Gasteiger partial charge in [-0.25, -0.2) is 9.78 Å². The van der Waals surface area contributed by atoms with Gasteiger partial charge in [0.15, 0.2) is 5.82 Å². The summed E-state index contributed by atoms with van der Waals surface area (Å²) in [7, 11) is 0. The van der Waals surface area contributed by atoms with Crippen molar-refractivity contribution in [3.05, 3.63) is 77.2 Å². The number of rotatable bonds is 8. The van der Waals surface area contributed by atoms with Crippen molar-refractivity contribution in [2.45, 2.75) is 56.6 Å². The largest absolute Gasteiger partial charge is 0.456 e. The summed E-state index contributed by atoms with van der Waals surface area (Å²) < 4.78 is 11.4. The average molecular weight is 582 g/mol. The smallest absolute Gasteiger partial charge is 0.338 e. The number of piperidine rings is 3. The van der Waals surface area contributed by atoms with Crippen molar-refractivity contribution in [2.24, 2.45) is 0 Å². The maximum Gasteiger partial charge on any atom is 0.338 e. The van der Waals surface area contributed by atoms with E-state index < -0.39 is 11.6 Å². The highest BCUT2D eigenvalue weighted by atomic mass is 16.6. The number of ether oxygens (including phenoxy) is 1. The molecule has 8 rings (SSSR count). The average Bonchev–Trinajstić information content (AvgIpc) is 3.52. The molecule has 0 aliphatic carbocycles. The number of fused-ring (bicyclic) bond motifs is 4. The van der Waals surface area contributed by atoms with Crippen LogP contribution in [0.3, 0.4) is 0 Å². The number of carbonyl (C=O) groups is 1. The molecule has 11 nitrogen and oxygen atoms in total. The zero-order valence-electron chi connectivity index (χ0n) is 24.3. The molecule has 4 aromatic rings. The van der Waals surface area contributed by atoms with Crippen LogP contribution in [-0.4, -0.2) is 67.9 Å². The van der Waals surface area contributed by atoms with Gasteiger partial charge >= 0.3 is 5.97 Å². The monoisotopic (exact) mass is 581 g/mol. The first-order chi connectivity index (χ1) is 20.8. The van der Waals surface area contributed by atoms with Crippen molar-refractivity contribution in [1.82, 2.24) is 25.0 Å². The molecule has 3 N–H and O–H groups in total. The Morgan fingerprint density at radius 3 is 2.53 bits per heavy atom. The third-order valence-corrected chi connectivity index (χ3v) is 8.90. The zero-order valence-corrected chi connectivity index (χ0v) is 24.3. The van der Waals surface area contributed by atoms with E-state index in [9.17, 15) is 9.90 Å². The summed E-state index contributed by atoms with van der Waals surface area (Å²) in [6.07, 6.45) is 5.32. The lowest BCUT2D eigenvalue weighted by Gasteiger charge is -2.46. The van der Waals surface area contributed by atoms with E-state index in [4.69, 9.17) is 19.2 Å². The molecule has 2 aromatic carbocycles. The minimum Gasteiger partial charge on any atom is -0.456 e. The van der Waals surface area contributed by atoms with E-state index in [1.54, 1.807) is 12.3 Å². The highest BCUT2D eigenvalue weighted by molar-refractivity contribution is 5.93. The maximum absolute atomic E-state index is 12.5. The predicted molar refractivity (Wildman–Crippen MR) is 160 cm³/mol. The van der Waals surface area contributed by atoms with Crippen LogP contribution in [-0.2, 0) is 16.6 Å². The number of aromatic nitrogens is 4. The number of hydrogen-bond acceptors (Lipinski definition) is 11. The predicted octanol–water partition coefficient (Wildman–Crippen LogP) is 4.64. The van der Waals surface area contributed by atoms with Gasteiger partial charge in [-0.15, -0.1) is 0 Å². The molecule has 0 radical (unpaired) electrons. The van der Waals surface area contributed by atoms with Gasteiger partial charge in [-0.1, -0.05) is 35.5 Å². The summed E-state index contributed by atoms with van der Waals surface area (Å²) in [5, 5.41) is 21.4. The number of nitrogens with zero attached hydrogens (tertiary/aromatic N) is 5. The minimum absolute atomic E-state index is 0.0580. The van der Waals surface area contributed by atoms with E-state index in [1.807, 2.05) is 56.3 Å². The van der Waals surface area contributed by atoms with Crippen molar-refractivity contribution < 1.29 is 19.2 Å². The van der Waals surface area contributed by atoms with Crippen molar-refractivity contribution in [1.29, 1.82) is 0 Å². The summed E-state index contributed by atoms with van der Waals surface area (Å²) in [4.78, 5) is 29.2. The summed E-state index contributed by atoms with van der Waals surface area (Å²) in [6.45, 7) is 6.81. The Balaban J connectivity index is 1.22. The van der Waals surface area contributed by atoms with Crippen LogP contribution in [0.1, 0.15) is 66.5 Å². The summed E-state index contributed by atoms with van der Waals surface area (Å²) in [5.74, 6) is 1.55. The summed E-state index contributed by atoms with van der Waals surface area (Å²) in [6, 6.07) is 14.8. The van der Waals surface area contributed by atoms with E-state index >= 15 is 0 Å². The number of hydrogen-bond donors (Lipinski definition) is 3. The lowest BCUT2D eigenvalue weighted by atomic mass is 9.71. The Hall–Kier alpha value is -4.35. The van der Waals surface area contributed by atoms with Crippen LogP contribution < -0.4 is 10.6 Å². The van der Waals surface area contributed by atoms with Gasteiger partial charge in [0.25, 0.3) is 5.89 Å². The molecule has 11 heteroatoms. The lowest BCUT2D eigenvalue weighted by molar-refractivity contribution is -0.00646. The second-order valence-corrected chi connectivity index (χ2v) is 12.4. The Morgan fingerprint density at radius 2 is 1.79 bits per heavy atom. The van der Waals surface area contributed by atoms with E-state index in [0.717, 1.165) is 61.5 Å². The lowest BCUT2D eigenvalue weighted by Crippen LogP contribution is -2.51. The third-order valence-electron chi connectivity index (χ3n) is 8.90. The number of aliphatic hydroxyl groups is 1. The molecule has 0 saturated carbocycles. The van der Waals surface area contributed by atoms with E-state index in [0.29, 0.717) is 35.2 Å². The number of anilines is 3. The number of nitrogens with one attached hydrogen (secondary N) is 2. The van der Waals surface area contributed by atoms with Crippen LogP contribution in [0.25, 0.3) is 11.5 Å².